The predicted octanol–water partition coefficient (Wildman–Crippen LogP) is 11.4. The Morgan fingerprint density at radius 1 is 0.474 bits per heavy atom. The number of hydrogen-bond donors (Lipinski definition) is 6. The Kier molecular flexibility index (Phi) is 25.6. The molecule has 0 aliphatic heterocycles. The van der Waals surface area contributed by atoms with Gasteiger partial charge in [0.05, 0.1) is 50.6 Å². The van der Waals surface area contributed by atoms with Crippen LogP contribution in [0.25, 0.3) is 0 Å². The predicted molar refractivity (Wildman–Crippen MR) is 318 cm³/mol. The number of amides is 3. The lowest BCUT2D eigenvalue weighted by Gasteiger charge is -2.18. The van der Waals surface area contributed by atoms with Gasteiger partial charge in [0.2, 0.25) is 40.8 Å². The first-order valence-electron chi connectivity index (χ1n) is 22.7. The van der Waals surface area contributed by atoms with E-state index < -0.39 is 0 Å². The van der Waals surface area contributed by atoms with Gasteiger partial charge in [0.15, 0.2) is 34.7 Å². The second-order valence-corrected chi connectivity index (χ2v) is 20.7. The fraction of sp³-hybridized carbons (Fsp3) is 0.320. The number of nitrogen functional groups attached to an aromatic ring is 3. The van der Waals surface area contributed by atoms with Crippen molar-refractivity contribution < 1.29 is 47.6 Å². The van der Waals surface area contributed by atoms with Gasteiger partial charge in [0.1, 0.15) is 34.5 Å². The summed E-state index contributed by atoms with van der Waals surface area (Å²) in [5.74, 6) is 5.94. The smallest absolute Gasteiger partial charge is 0.231 e. The summed E-state index contributed by atoms with van der Waals surface area (Å²) in [4.78, 5) is 67.1. The minimum atomic E-state index is -0.361. The molecule has 0 saturated heterocycles. The molecule has 3 amide bonds. The summed E-state index contributed by atoms with van der Waals surface area (Å²) in [5.41, 5.74) is 20.1. The van der Waals surface area contributed by atoms with Crippen LogP contribution in [0.5, 0.6) is 51.7 Å². The third-order valence-electron chi connectivity index (χ3n) is 9.59. The number of nitrogens with one attached hydrogen (secondary N) is 3. The van der Waals surface area contributed by atoms with Crippen LogP contribution in [0.15, 0.2) is 55.0 Å². The van der Waals surface area contributed by atoms with E-state index in [1.54, 1.807) is 21.3 Å². The Morgan fingerprint density at radius 3 is 1.11 bits per heavy atom. The van der Waals surface area contributed by atoms with E-state index >= 15 is 0 Å². The summed E-state index contributed by atoms with van der Waals surface area (Å²) in [6.07, 6.45) is 4.32. The number of carbonyl (C=O) groups is 4. The van der Waals surface area contributed by atoms with Gasteiger partial charge in [0.25, 0.3) is 0 Å². The highest BCUT2D eigenvalue weighted by Crippen LogP contribution is 2.41. The highest BCUT2D eigenvalue weighted by molar-refractivity contribution is 14.1. The number of hydrogen-bond acceptors (Lipinski definition) is 19. The monoisotopic (exact) mass is 1400 g/mol. The number of ether oxygens (including phenoxy) is 6. The van der Waals surface area contributed by atoms with Gasteiger partial charge in [-0.05, 0) is 134 Å². The number of aromatic nitrogens is 6. The Hall–Kier alpha value is -6.34. The van der Waals surface area contributed by atoms with Gasteiger partial charge in [-0.25, -0.2) is 15.0 Å². The van der Waals surface area contributed by atoms with Gasteiger partial charge in [0, 0.05) is 44.4 Å². The van der Waals surface area contributed by atoms with E-state index in [0.29, 0.717) is 28.7 Å². The molecule has 0 unspecified atom stereocenters. The number of halogens is 4. The largest absolute Gasteiger partial charge is 0.496 e. The average Bonchev–Trinajstić information content (AvgIpc) is 3.31. The number of methoxy groups -OCH3 is 3. The molecule has 0 bridgehead atoms. The van der Waals surface area contributed by atoms with Gasteiger partial charge in [-0.15, -0.1) is 0 Å². The zero-order chi connectivity index (χ0) is 57.1. The summed E-state index contributed by atoms with van der Waals surface area (Å²) >= 11 is 11.2. The van der Waals surface area contributed by atoms with Crippen molar-refractivity contribution in [3.63, 3.8) is 0 Å². The molecule has 9 N–H and O–H groups in total. The molecule has 3 aromatic carbocycles. The van der Waals surface area contributed by atoms with E-state index in [0.717, 1.165) is 44.6 Å². The molecule has 22 nitrogen and oxygen atoms in total. The maximum atomic E-state index is 11.5. The van der Waals surface area contributed by atoms with Crippen molar-refractivity contribution in [1.29, 1.82) is 0 Å². The Labute approximate surface area is 486 Å². The first-order valence-corrected chi connectivity index (χ1v) is 26.3. The van der Waals surface area contributed by atoms with Crippen LogP contribution in [-0.4, -0.2) is 74.2 Å². The first kappa shape index (κ1) is 63.9. The van der Waals surface area contributed by atoms with E-state index in [1.807, 2.05) is 50.2 Å². The average molecular weight is 1410 g/mol. The molecule has 408 valence electrons. The molecule has 0 radical (unpaired) electrons. The van der Waals surface area contributed by atoms with Gasteiger partial charge in [-0.2, -0.15) is 15.0 Å². The molecular formula is C50H60ClI3N12O10. The van der Waals surface area contributed by atoms with Gasteiger partial charge in [-0.1, -0.05) is 41.5 Å². The van der Waals surface area contributed by atoms with Crippen molar-refractivity contribution >= 4 is 138 Å². The second-order valence-electron chi connectivity index (χ2n) is 16.7. The SMILES string of the molecule is CC(=O)Cl.COc1cc(C(C)C)c(Oc2cnc(N)nc2N)cc1I.COc1cc(C(C)C)c(Oc2cnc(NC(C)=O)nc2N)cc1I.COc1cc(C(C)C)c(Oc2cnc(NC(C)=O)nc2NC(C)=O)cc1I. The molecule has 0 spiro atoms. The number of rotatable bonds is 15. The lowest BCUT2D eigenvalue weighted by molar-refractivity contribution is -0.115. The standard InChI is InChI=1S/C18H21IN4O4.C16H19IN4O3.C14H17IN4O2.C2H3ClO/c1-9(2)12-6-15(26-5)13(19)7-14(12)27-16-8-20-18(22-11(4)25)23-17(16)21-10(3)24;1-8(2)10-5-13(23-4)11(17)6-12(10)24-14-7-19-16(20-9(3)22)21-15(14)18;1-7(2)8-4-11(20-3)9(15)5-10(8)21-12-6-18-14(17)19-13(12)16;1-2(3)4/h6-9H,1-5H3,(H2,20,21,22,23,24,25);5-8H,1-4H3,(H3,18,19,20,21,22);4-7H,1-3H3,(H4,16,17,18,19);1H3. The Bertz CT molecular complexity index is 3020. The second kappa shape index (κ2) is 30.4. The van der Waals surface area contributed by atoms with Crippen molar-refractivity contribution in [2.24, 2.45) is 0 Å². The number of anilines is 6. The number of carbonyl (C=O) groups excluding carboxylic acids is 4. The molecule has 0 aliphatic rings. The van der Waals surface area contributed by atoms with Crippen LogP contribution in [-0.2, 0) is 19.2 Å². The summed E-state index contributed by atoms with van der Waals surface area (Å²) in [7, 11) is 4.90. The highest BCUT2D eigenvalue weighted by Gasteiger charge is 2.20. The third kappa shape index (κ3) is 20.0. The van der Waals surface area contributed by atoms with Crippen LogP contribution in [0.4, 0.5) is 35.3 Å². The molecule has 26 heteroatoms. The molecule has 76 heavy (non-hydrogen) atoms. The maximum Gasteiger partial charge on any atom is 0.231 e. The molecule has 0 aliphatic carbocycles. The first-order chi connectivity index (χ1) is 35.7. The van der Waals surface area contributed by atoms with Crippen molar-refractivity contribution in [3.8, 4) is 51.7 Å². The van der Waals surface area contributed by atoms with Crippen molar-refractivity contribution in [1.82, 2.24) is 29.9 Å². The fourth-order valence-corrected chi connectivity index (χ4v) is 8.15. The summed E-state index contributed by atoms with van der Waals surface area (Å²) in [5, 5.41) is 7.19. The summed E-state index contributed by atoms with van der Waals surface area (Å²) in [6, 6.07) is 11.5. The van der Waals surface area contributed by atoms with Crippen LogP contribution in [0, 0.1) is 10.7 Å². The van der Waals surface area contributed by atoms with Crippen LogP contribution in [0.1, 0.15) is 104 Å². The van der Waals surface area contributed by atoms with Crippen molar-refractivity contribution in [3.05, 3.63) is 82.4 Å². The highest BCUT2D eigenvalue weighted by atomic mass is 127. The lowest BCUT2D eigenvalue weighted by atomic mass is 10.0. The molecule has 3 aromatic heterocycles. The fourth-order valence-electron chi connectivity index (χ4n) is 6.17. The minimum Gasteiger partial charge on any atom is -0.496 e. The topological polar surface area (TPSA) is 315 Å². The lowest BCUT2D eigenvalue weighted by Crippen LogP contribution is -2.13. The molecule has 6 rings (SSSR count). The molecule has 3 heterocycles. The Balaban J connectivity index is 0.000000291. The van der Waals surface area contributed by atoms with Crippen LogP contribution >= 0.6 is 79.4 Å². The molecule has 0 atom stereocenters. The number of nitrogens with two attached hydrogens (primary N) is 3. The van der Waals surface area contributed by atoms with Gasteiger partial charge >= 0.3 is 0 Å². The van der Waals surface area contributed by atoms with Crippen LogP contribution < -0.4 is 61.6 Å². The zero-order valence-corrected chi connectivity index (χ0v) is 51.2. The van der Waals surface area contributed by atoms with Gasteiger partial charge in [-0.3, -0.25) is 29.8 Å². The number of benzene rings is 3. The van der Waals surface area contributed by atoms with E-state index in [4.69, 9.17) is 45.6 Å². The van der Waals surface area contributed by atoms with Crippen LogP contribution in [0.3, 0.4) is 0 Å². The van der Waals surface area contributed by atoms with E-state index in [2.05, 4.69) is 153 Å². The van der Waals surface area contributed by atoms with Crippen molar-refractivity contribution in [2.75, 3.05) is 54.5 Å². The summed E-state index contributed by atoms with van der Waals surface area (Å²) in [6.45, 7) is 17.7. The van der Waals surface area contributed by atoms with Crippen molar-refractivity contribution in [2.45, 2.75) is 87.0 Å². The van der Waals surface area contributed by atoms with E-state index in [1.165, 1.54) is 46.3 Å². The zero-order valence-electron chi connectivity index (χ0n) is 43.9. The minimum absolute atomic E-state index is 0.0759. The molecular weight excluding hydrogens is 1340 g/mol. The molecule has 0 saturated carbocycles. The van der Waals surface area contributed by atoms with Crippen LogP contribution in [0.2, 0.25) is 0 Å². The Morgan fingerprint density at radius 2 is 0.789 bits per heavy atom. The van der Waals surface area contributed by atoms with Gasteiger partial charge < -0.3 is 50.9 Å². The molecule has 6 aromatic rings. The summed E-state index contributed by atoms with van der Waals surface area (Å²) < 4.78 is 36.7. The maximum absolute atomic E-state index is 11.5. The number of nitrogens with zero attached hydrogens (tertiary/aromatic N) is 6. The normalized spacial score (nSPS) is 10.4. The quantitative estimate of drug-likeness (QED) is 0.0411. The molecule has 0 fully saturated rings. The van der Waals surface area contributed by atoms with E-state index in [9.17, 15) is 19.2 Å². The van der Waals surface area contributed by atoms with E-state index in [-0.39, 0.29) is 81.8 Å². The third-order valence-corrected chi connectivity index (χ3v) is 12.1.